The first kappa shape index (κ1) is 12.1. The zero-order chi connectivity index (χ0) is 12.5. The molecule has 0 spiro atoms. The highest BCUT2D eigenvalue weighted by Crippen LogP contribution is 2.31. The molecule has 2 nitrogen and oxygen atoms in total. The van der Waals surface area contributed by atoms with Crippen LogP contribution in [0.3, 0.4) is 0 Å². The third-order valence-corrected chi connectivity index (χ3v) is 3.21. The van der Waals surface area contributed by atoms with Crippen LogP contribution in [0.2, 0.25) is 0 Å². The number of benzene rings is 1. The number of alkyl halides is 3. The van der Waals surface area contributed by atoms with Gasteiger partial charge in [-0.05, 0) is 12.1 Å². The van der Waals surface area contributed by atoms with Crippen molar-refractivity contribution >= 4 is 11.3 Å². The number of quaternary nitrogens is 1. The Kier molecular flexibility index (Phi) is 3.17. The Balaban J connectivity index is 2.29. The molecule has 1 heterocycles. The Morgan fingerprint density at radius 1 is 1.18 bits per heavy atom. The van der Waals surface area contributed by atoms with Gasteiger partial charge < -0.3 is 5.73 Å². The van der Waals surface area contributed by atoms with E-state index in [1.807, 2.05) is 5.38 Å². The zero-order valence-corrected chi connectivity index (χ0v) is 9.61. The minimum Gasteiger partial charge on any atom is -0.353 e. The molecule has 1 aromatic heterocycles. The quantitative estimate of drug-likeness (QED) is 0.884. The fourth-order valence-corrected chi connectivity index (χ4v) is 2.22. The summed E-state index contributed by atoms with van der Waals surface area (Å²) < 4.78 is 37.1. The molecule has 0 bridgehead atoms. The van der Waals surface area contributed by atoms with Gasteiger partial charge in [0, 0.05) is 10.9 Å². The molecule has 2 aromatic rings. The predicted molar refractivity (Wildman–Crippen MR) is 59.1 cm³/mol. The van der Waals surface area contributed by atoms with Crippen molar-refractivity contribution in [2.45, 2.75) is 12.7 Å². The maximum absolute atomic E-state index is 12.4. The van der Waals surface area contributed by atoms with Crippen molar-refractivity contribution < 1.29 is 18.9 Å². The van der Waals surface area contributed by atoms with E-state index in [0.717, 1.165) is 22.8 Å². The molecule has 3 N–H and O–H groups in total. The lowest BCUT2D eigenvalue weighted by Crippen LogP contribution is -2.47. The van der Waals surface area contributed by atoms with Gasteiger partial charge in [-0.15, -0.1) is 11.3 Å². The average Bonchev–Trinajstić information content (AvgIpc) is 2.76. The molecule has 1 aromatic carbocycles. The standard InChI is InChI=1S/C11H9F3N2S/c12-11(13,14)8-3-1-7(2-4-8)10-16-9(5-15)6-17-10/h1-4,6H,5,15H2/p+1. The zero-order valence-electron chi connectivity index (χ0n) is 8.79. The molecule has 0 amide bonds. The number of aromatic nitrogens is 1. The Bertz CT molecular complexity index is 502. The van der Waals surface area contributed by atoms with Crippen molar-refractivity contribution in [3.8, 4) is 10.6 Å². The third-order valence-electron chi connectivity index (χ3n) is 2.27. The Hall–Kier alpha value is -1.40. The van der Waals surface area contributed by atoms with Gasteiger partial charge in [0.05, 0.1) is 5.56 Å². The molecular formula is C11H10F3N2S+. The predicted octanol–water partition coefficient (Wildman–Crippen LogP) is 2.57. The summed E-state index contributed by atoms with van der Waals surface area (Å²) in [6, 6.07) is 5.02. The van der Waals surface area contributed by atoms with E-state index in [-0.39, 0.29) is 0 Å². The highest BCUT2D eigenvalue weighted by Gasteiger charge is 2.30. The highest BCUT2D eigenvalue weighted by atomic mass is 32.1. The molecule has 0 aliphatic carbocycles. The summed E-state index contributed by atoms with van der Waals surface area (Å²) in [6.07, 6.45) is -4.29. The lowest BCUT2D eigenvalue weighted by atomic mass is 10.1. The fraction of sp³-hybridized carbons (Fsp3) is 0.182. The van der Waals surface area contributed by atoms with E-state index in [0.29, 0.717) is 12.1 Å². The first-order valence-electron chi connectivity index (χ1n) is 4.92. The smallest absolute Gasteiger partial charge is 0.353 e. The molecule has 0 atom stereocenters. The molecule has 0 unspecified atom stereocenters. The molecule has 2 rings (SSSR count). The lowest BCUT2D eigenvalue weighted by molar-refractivity contribution is -0.387. The molecule has 0 aliphatic heterocycles. The van der Waals surface area contributed by atoms with E-state index < -0.39 is 11.7 Å². The van der Waals surface area contributed by atoms with E-state index in [4.69, 9.17) is 0 Å². The molecule has 0 radical (unpaired) electrons. The van der Waals surface area contributed by atoms with E-state index in [9.17, 15) is 13.2 Å². The second kappa shape index (κ2) is 4.46. The topological polar surface area (TPSA) is 40.5 Å². The van der Waals surface area contributed by atoms with Crippen LogP contribution in [0.5, 0.6) is 0 Å². The van der Waals surface area contributed by atoms with Crippen molar-refractivity contribution in [1.29, 1.82) is 0 Å². The van der Waals surface area contributed by atoms with Crippen LogP contribution in [-0.2, 0) is 12.7 Å². The summed E-state index contributed by atoms with van der Waals surface area (Å²) in [5.41, 5.74) is 4.61. The van der Waals surface area contributed by atoms with Gasteiger partial charge in [0.25, 0.3) is 0 Å². The molecule has 0 fully saturated rings. The summed E-state index contributed by atoms with van der Waals surface area (Å²) in [5.74, 6) is 0. The molecule has 0 aliphatic rings. The number of halogens is 3. The molecule has 0 saturated heterocycles. The van der Waals surface area contributed by atoms with Crippen LogP contribution in [0.1, 0.15) is 11.3 Å². The van der Waals surface area contributed by atoms with Crippen molar-refractivity contribution in [2.75, 3.05) is 0 Å². The minimum absolute atomic E-state index is 0.580. The van der Waals surface area contributed by atoms with Crippen LogP contribution >= 0.6 is 11.3 Å². The van der Waals surface area contributed by atoms with Gasteiger partial charge >= 0.3 is 6.18 Å². The molecular weight excluding hydrogens is 249 g/mol. The monoisotopic (exact) mass is 259 g/mol. The van der Waals surface area contributed by atoms with Crippen LogP contribution in [0.15, 0.2) is 29.6 Å². The summed E-state index contributed by atoms with van der Waals surface area (Å²) in [7, 11) is 0. The van der Waals surface area contributed by atoms with Crippen molar-refractivity contribution in [3.05, 3.63) is 40.9 Å². The van der Waals surface area contributed by atoms with E-state index >= 15 is 0 Å². The van der Waals surface area contributed by atoms with Gasteiger partial charge in [0.15, 0.2) is 0 Å². The average molecular weight is 259 g/mol. The fourth-order valence-electron chi connectivity index (χ4n) is 1.36. The van der Waals surface area contributed by atoms with Crippen LogP contribution < -0.4 is 5.73 Å². The van der Waals surface area contributed by atoms with Gasteiger partial charge in [-0.25, -0.2) is 4.98 Å². The van der Waals surface area contributed by atoms with E-state index in [1.54, 1.807) is 0 Å². The Morgan fingerprint density at radius 3 is 2.29 bits per heavy atom. The summed E-state index contributed by atoms with van der Waals surface area (Å²) in [5, 5.41) is 2.58. The third kappa shape index (κ3) is 2.65. The maximum Gasteiger partial charge on any atom is 0.416 e. The Labute approximate surface area is 99.9 Å². The van der Waals surface area contributed by atoms with Gasteiger partial charge in [0.2, 0.25) is 0 Å². The van der Waals surface area contributed by atoms with Gasteiger partial charge in [-0.3, -0.25) is 0 Å². The number of rotatable bonds is 2. The lowest BCUT2D eigenvalue weighted by Gasteiger charge is -2.06. The second-order valence-electron chi connectivity index (χ2n) is 3.47. The van der Waals surface area contributed by atoms with Gasteiger partial charge in [-0.1, -0.05) is 12.1 Å². The van der Waals surface area contributed by atoms with Crippen LogP contribution in [0.25, 0.3) is 10.6 Å². The van der Waals surface area contributed by atoms with Crippen molar-refractivity contribution in [2.24, 2.45) is 0 Å². The number of thiazole rings is 1. The SMILES string of the molecule is [NH3+]Cc1csc(-c2ccc(C(F)(F)F)cc2)n1. The number of hydrogen-bond acceptors (Lipinski definition) is 2. The maximum atomic E-state index is 12.4. The molecule has 90 valence electrons. The minimum atomic E-state index is -4.29. The second-order valence-corrected chi connectivity index (χ2v) is 4.33. The first-order valence-corrected chi connectivity index (χ1v) is 5.80. The van der Waals surface area contributed by atoms with Crippen LogP contribution in [0.4, 0.5) is 13.2 Å². The van der Waals surface area contributed by atoms with Crippen LogP contribution in [-0.4, -0.2) is 4.98 Å². The molecule has 0 saturated carbocycles. The van der Waals surface area contributed by atoms with Gasteiger partial charge in [0.1, 0.15) is 17.2 Å². The summed E-state index contributed by atoms with van der Waals surface area (Å²) >= 11 is 1.41. The normalized spacial score (nSPS) is 11.8. The largest absolute Gasteiger partial charge is 0.416 e. The summed E-state index contributed by atoms with van der Waals surface area (Å²) in [4.78, 5) is 4.27. The number of nitrogens with zero attached hydrogens (tertiary/aromatic N) is 1. The summed E-state index contributed by atoms with van der Waals surface area (Å²) in [6.45, 7) is 0.580. The Morgan fingerprint density at radius 2 is 1.82 bits per heavy atom. The van der Waals surface area contributed by atoms with Gasteiger partial charge in [-0.2, -0.15) is 13.2 Å². The van der Waals surface area contributed by atoms with Crippen LogP contribution in [0, 0.1) is 0 Å². The highest BCUT2D eigenvalue weighted by molar-refractivity contribution is 7.13. The molecule has 6 heteroatoms. The van der Waals surface area contributed by atoms with Crippen molar-refractivity contribution in [1.82, 2.24) is 4.98 Å². The van der Waals surface area contributed by atoms with Crippen molar-refractivity contribution in [3.63, 3.8) is 0 Å². The van der Waals surface area contributed by atoms with E-state index in [1.165, 1.54) is 23.5 Å². The number of hydrogen-bond donors (Lipinski definition) is 1. The van der Waals surface area contributed by atoms with E-state index in [2.05, 4.69) is 10.7 Å². The molecule has 17 heavy (non-hydrogen) atoms. The first-order chi connectivity index (χ1) is 8.00.